The third-order valence-corrected chi connectivity index (χ3v) is 5.75. The van der Waals surface area contributed by atoms with Crippen molar-refractivity contribution in [3.63, 3.8) is 0 Å². The van der Waals surface area contributed by atoms with Crippen LogP contribution >= 0.6 is 11.8 Å². The Hall–Kier alpha value is -3.13. The fraction of sp³-hybridized carbons (Fsp3) is 0.304. The molecule has 8 heteroatoms. The van der Waals surface area contributed by atoms with Gasteiger partial charge in [0.05, 0.1) is 0 Å². The molecule has 1 heterocycles. The Labute approximate surface area is 186 Å². The van der Waals surface area contributed by atoms with Crippen LogP contribution in [0.4, 0.5) is 5.69 Å². The largest absolute Gasteiger partial charge is 0.335 e. The maximum Gasteiger partial charge on any atom is 0.225 e. The number of nitrogen functional groups attached to an aromatic ring is 1. The third-order valence-electron chi connectivity index (χ3n) is 4.81. The molecule has 0 aliphatic carbocycles. The second kappa shape index (κ2) is 9.34. The highest BCUT2D eigenvalue weighted by molar-refractivity contribution is 7.99. The second-order valence-corrected chi connectivity index (χ2v) is 9.35. The lowest BCUT2D eigenvalue weighted by Crippen LogP contribution is -2.14. The van der Waals surface area contributed by atoms with Gasteiger partial charge in [0.25, 0.3) is 0 Å². The van der Waals surface area contributed by atoms with Crippen LogP contribution in [0.3, 0.4) is 0 Å². The van der Waals surface area contributed by atoms with E-state index in [1.54, 1.807) is 24.3 Å². The Balaban J connectivity index is 1.55. The predicted molar refractivity (Wildman–Crippen MR) is 125 cm³/mol. The minimum atomic E-state index is -0.121. The van der Waals surface area contributed by atoms with Gasteiger partial charge < -0.3 is 11.2 Å². The summed E-state index contributed by atoms with van der Waals surface area (Å²) in [6.07, 6.45) is 0.293. The van der Waals surface area contributed by atoms with Gasteiger partial charge in [-0.2, -0.15) is 0 Å². The summed E-state index contributed by atoms with van der Waals surface area (Å²) in [5.74, 6) is 7.14. The summed E-state index contributed by atoms with van der Waals surface area (Å²) >= 11 is 1.37. The van der Waals surface area contributed by atoms with Gasteiger partial charge in [0, 0.05) is 29.0 Å². The fourth-order valence-corrected chi connectivity index (χ4v) is 3.73. The highest BCUT2D eigenvalue weighted by atomic mass is 32.2. The molecule has 0 saturated heterocycles. The molecule has 3 rings (SSSR count). The summed E-state index contributed by atoms with van der Waals surface area (Å²) in [5.41, 5.74) is 3.46. The SMILES string of the molecule is CC(=O)c1ccc(NC(=O)CCSc2nnc(-c3ccc(C(C)(C)C)cc3)n2N)cc1. The molecule has 0 aliphatic rings. The molecule has 1 aromatic heterocycles. The molecule has 0 atom stereocenters. The van der Waals surface area contributed by atoms with E-state index < -0.39 is 0 Å². The zero-order valence-electron chi connectivity index (χ0n) is 18.2. The van der Waals surface area contributed by atoms with Gasteiger partial charge in [0.1, 0.15) is 0 Å². The molecule has 31 heavy (non-hydrogen) atoms. The van der Waals surface area contributed by atoms with Crippen LogP contribution in [0.2, 0.25) is 0 Å². The van der Waals surface area contributed by atoms with Crippen molar-refractivity contribution in [2.45, 2.75) is 44.7 Å². The van der Waals surface area contributed by atoms with Gasteiger partial charge in [-0.3, -0.25) is 9.59 Å². The van der Waals surface area contributed by atoms with Gasteiger partial charge in [0.2, 0.25) is 11.1 Å². The number of hydrogen-bond acceptors (Lipinski definition) is 6. The molecule has 1 amide bonds. The molecule has 3 aromatic rings. The number of Topliss-reactive ketones (excluding diaryl/α,β-unsaturated/α-hetero) is 1. The highest BCUT2D eigenvalue weighted by Gasteiger charge is 2.16. The molecule has 2 aromatic carbocycles. The molecule has 7 nitrogen and oxygen atoms in total. The van der Waals surface area contributed by atoms with Crippen molar-refractivity contribution >= 4 is 29.1 Å². The maximum absolute atomic E-state index is 12.2. The average Bonchev–Trinajstić information content (AvgIpc) is 3.08. The van der Waals surface area contributed by atoms with Gasteiger partial charge in [-0.25, -0.2) is 4.68 Å². The Morgan fingerprint density at radius 2 is 1.68 bits per heavy atom. The Morgan fingerprint density at radius 3 is 2.26 bits per heavy atom. The number of thioether (sulfide) groups is 1. The Morgan fingerprint density at radius 1 is 1.03 bits per heavy atom. The van der Waals surface area contributed by atoms with Crippen molar-refractivity contribution in [2.24, 2.45) is 0 Å². The van der Waals surface area contributed by atoms with Crippen LogP contribution in [0, 0.1) is 0 Å². The first-order valence-corrected chi connectivity index (χ1v) is 11.0. The van der Waals surface area contributed by atoms with E-state index in [9.17, 15) is 9.59 Å². The first-order valence-electron chi connectivity index (χ1n) is 10.00. The first kappa shape index (κ1) is 22.6. The van der Waals surface area contributed by atoms with E-state index in [4.69, 9.17) is 5.84 Å². The molecule has 0 aliphatic heterocycles. The number of carbonyl (C=O) groups excluding carboxylic acids is 2. The Kier molecular flexibility index (Phi) is 6.80. The van der Waals surface area contributed by atoms with Crippen molar-refractivity contribution in [1.29, 1.82) is 0 Å². The fourth-order valence-electron chi connectivity index (χ4n) is 2.94. The summed E-state index contributed by atoms with van der Waals surface area (Å²) in [6.45, 7) is 8.01. The van der Waals surface area contributed by atoms with E-state index in [1.807, 2.05) is 12.1 Å². The number of nitrogens with two attached hydrogens (primary N) is 1. The summed E-state index contributed by atoms with van der Waals surface area (Å²) in [4.78, 5) is 23.5. The molecule has 0 fully saturated rings. The smallest absolute Gasteiger partial charge is 0.225 e. The molecular weight excluding hydrogens is 410 g/mol. The topological polar surface area (TPSA) is 103 Å². The van der Waals surface area contributed by atoms with Gasteiger partial charge in [-0.05, 0) is 42.2 Å². The van der Waals surface area contributed by atoms with Crippen molar-refractivity contribution in [1.82, 2.24) is 14.9 Å². The van der Waals surface area contributed by atoms with Crippen molar-refractivity contribution in [3.05, 3.63) is 59.7 Å². The van der Waals surface area contributed by atoms with E-state index in [1.165, 1.54) is 28.9 Å². The summed E-state index contributed by atoms with van der Waals surface area (Å²) in [7, 11) is 0. The van der Waals surface area contributed by atoms with Crippen LogP contribution < -0.4 is 11.2 Å². The van der Waals surface area contributed by atoms with E-state index in [2.05, 4.69) is 48.4 Å². The van der Waals surface area contributed by atoms with Crippen molar-refractivity contribution in [3.8, 4) is 11.4 Å². The van der Waals surface area contributed by atoms with Crippen LogP contribution in [0.15, 0.2) is 53.7 Å². The lowest BCUT2D eigenvalue weighted by atomic mass is 9.87. The number of amides is 1. The number of benzene rings is 2. The van der Waals surface area contributed by atoms with Gasteiger partial charge >= 0.3 is 0 Å². The van der Waals surface area contributed by atoms with Gasteiger partial charge in [-0.1, -0.05) is 56.8 Å². The first-order chi connectivity index (χ1) is 14.6. The minimum Gasteiger partial charge on any atom is -0.335 e. The standard InChI is InChI=1S/C23H27N5O2S/c1-15(29)16-7-11-19(12-8-16)25-20(30)13-14-31-22-27-26-21(28(22)24)17-5-9-18(10-6-17)23(2,3)4/h5-12H,13-14,24H2,1-4H3,(H,25,30). The number of ketones is 1. The molecule has 3 N–H and O–H groups in total. The third kappa shape index (κ3) is 5.73. The van der Waals surface area contributed by atoms with Crippen LogP contribution in [0.5, 0.6) is 0 Å². The van der Waals surface area contributed by atoms with Crippen LogP contribution in [0.1, 0.15) is 50.0 Å². The molecule has 162 valence electrons. The number of aromatic nitrogens is 3. The van der Waals surface area contributed by atoms with E-state index in [-0.39, 0.29) is 17.1 Å². The van der Waals surface area contributed by atoms with Crippen molar-refractivity contribution < 1.29 is 9.59 Å². The highest BCUT2D eigenvalue weighted by Crippen LogP contribution is 2.26. The van der Waals surface area contributed by atoms with E-state index in [0.717, 1.165) is 5.56 Å². The van der Waals surface area contributed by atoms with Crippen LogP contribution in [0.25, 0.3) is 11.4 Å². The summed E-state index contributed by atoms with van der Waals surface area (Å²) in [5, 5.41) is 11.7. The number of hydrogen-bond donors (Lipinski definition) is 2. The van der Waals surface area contributed by atoms with Gasteiger partial charge in [-0.15, -0.1) is 10.2 Å². The van der Waals surface area contributed by atoms with Gasteiger partial charge in [0.15, 0.2) is 11.6 Å². The quantitative estimate of drug-likeness (QED) is 0.325. The van der Waals surface area contributed by atoms with Crippen molar-refractivity contribution in [2.75, 3.05) is 16.9 Å². The van der Waals surface area contributed by atoms with E-state index >= 15 is 0 Å². The molecule has 0 saturated carbocycles. The number of carbonyl (C=O) groups is 2. The maximum atomic E-state index is 12.2. The summed E-state index contributed by atoms with van der Waals surface area (Å²) < 4.78 is 1.45. The van der Waals surface area contributed by atoms with Crippen LogP contribution in [-0.4, -0.2) is 32.3 Å². The number of anilines is 1. The number of nitrogens with one attached hydrogen (secondary N) is 1. The monoisotopic (exact) mass is 437 g/mol. The normalized spacial score (nSPS) is 11.4. The molecule has 0 spiro atoms. The summed E-state index contributed by atoms with van der Waals surface area (Å²) in [6, 6.07) is 15.0. The zero-order chi connectivity index (χ0) is 22.6. The number of nitrogens with zero attached hydrogens (tertiary/aromatic N) is 3. The lowest BCUT2D eigenvalue weighted by molar-refractivity contribution is -0.115. The molecule has 0 bridgehead atoms. The molecule has 0 radical (unpaired) electrons. The zero-order valence-corrected chi connectivity index (χ0v) is 19.0. The Bertz CT molecular complexity index is 1070. The second-order valence-electron chi connectivity index (χ2n) is 8.28. The minimum absolute atomic E-state index is 0.00955. The average molecular weight is 438 g/mol. The predicted octanol–water partition coefficient (Wildman–Crippen LogP) is 4.28. The number of rotatable bonds is 7. The van der Waals surface area contributed by atoms with Crippen LogP contribution in [-0.2, 0) is 10.2 Å². The lowest BCUT2D eigenvalue weighted by Gasteiger charge is -2.19. The molecule has 0 unspecified atom stereocenters. The molecular formula is C23H27N5O2S. The van der Waals surface area contributed by atoms with E-state index in [0.29, 0.717) is 34.4 Å².